The van der Waals surface area contributed by atoms with Crippen LogP contribution in [0, 0.1) is 0 Å². The Labute approximate surface area is 230 Å². The van der Waals surface area contributed by atoms with Crippen molar-refractivity contribution in [1.29, 1.82) is 0 Å². The highest BCUT2D eigenvalue weighted by Crippen LogP contribution is 2.25. The van der Waals surface area contributed by atoms with Crippen molar-refractivity contribution in [2.24, 2.45) is 5.10 Å². The molecule has 15 nitrogen and oxygen atoms in total. The zero-order valence-electron chi connectivity index (χ0n) is 20.6. The average Bonchev–Trinajstić information content (AvgIpc) is 3.40. The van der Waals surface area contributed by atoms with Gasteiger partial charge in [0.05, 0.1) is 32.3 Å². The fourth-order valence-corrected chi connectivity index (χ4v) is 4.78. The number of rotatable bonds is 8. The number of sulfone groups is 1. The molecule has 0 unspecified atom stereocenters. The number of H-pyrrole nitrogens is 1. The maximum atomic E-state index is 13.0. The SMILES string of the molecule is CS(=O)(=O)c1ccc(N2N=C(C(=O)O)C(=CC=Cc3c(C(=O)O)[nH]n(-c4ccc(S(=O)(=O)[O-])cc4)c3=O)C2=O)cc1. The van der Waals surface area contributed by atoms with E-state index in [1.54, 1.807) is 0 Å². The second kappa shape index (κ2) is 10.5. The van der Waals surface area contributed by atoms with Gasteiger partial charge in [0.1, 0.15) is 10.1 Å². The summed E-state index contributed by atoms with van der Waals surface area (Å²) in [7, 11) is -8.29. The Balaban J connectivity index is 1.69. The molecule has 0 saturated carbocycles. The number of amides is 1. The first-order valence-corrected chi connectivity index (χ1v) is 14.4. The molecule has 41 heavy (non-hydrogen) atoms. The Morgan fingerprint density at radius 2 is 1.46 bits per heavy atom. The molecular formula is C24H17N4O11S2-. The van der Waals surface area contributed by atoms with Crippen LogP contribution in [0.5, 0.6) is 0 Å². The minimum absolute atomic E-state index is 0.00621. The van der Waals surface area contributed by atoms with Crippen LogP contribution in [0.15, 0.2) is 85.9 Å². The van der Waals surface area contributed by atoms with Gasteiger partial charge in [-0.3, -0.25) is 14.7 Å². The maximum Gasteiger partial charge on any atom is 0.357 e. The van der Waals surface area contributed by atoms with E-state index < -0.39 is 70.8 Å². The van der Waals surface area contributed by atoms with Crippen LogP contribution in [0.2, 0.25) is 0 Å². The number of hydrazone groups is 1. The lowest BCUT2D eigenvalue weighted by Crippen LogP contribution is -2.22. The number of carboxylic acids is 2. The fraction of sp³-hybridized carbons (Fsp3) is 0.0417. The number of nitrogens with one attached hydrogen (secondary N) is 1. The summed E-state index contributed by atoms with van der Waals surface area (Å²) in [4.78, 5) is 48.8. The standard InChI is InChI=1S/C24H18N4O11S2/c1-40(35,36)15-9-5-13(6-10-15)27-21(29)17(19(25-27)23(31)32)3-2-4-18-20(24(33)34)26-28(22(18)30)14-7-11-16(12-8-14)41(37,38)39/h2-12,26H,1H3,(H,31,32)(H,33,34)(H,37,38,39)/p-1. The summed E-state index contributed by atoms with van der Waals surface area (Å²) in [6.07, 6.45) is 4.08. The molecule has 0 atom stereocenters. The van der Waals surface area contributed by atoms with Gasteiger partial charge in [0.25, 0.3) is 11.5 Å². The van der Waals surface area contributed by atoms with Crippen LogP contribution in [0.4, 0.5) is 5.69 Å². The van der Waals surface area contributed by atoms with Crippen molar-refractivity contribution in [2.45, 2.75) is 9.79 Å². The Kier molecular flexibility index (Phi) is 7.36. The molecule has 0 radical (unpaired) electrons. The molecule has 1 aliphatic heterocycles. The van der Waals surface area contributed by atoms with Crippen molar-refractivity contribution < 1.29 is 46.0 Å². The molecule has 3 aromatic rings. The van der Waals surface area contributed by atoms with E-state index in [0.717, 1.165) is 58.4 Å². The summed E-state index contributed by atoms with van der Waals surface area (Å²) < 4.78 is 57.6. The molecular weight excluding hydrogens is 584 g/mol. The van der Waals surface area contributed by atoms with Crippen LogP contribution in [-0.2, 0) is 29.5 Å². The van der Waals surface area contributed by atoms with Crippen LogP contribution < -0.4 is 10.6 Å². The second-order valence-electron chi connectivity index (χ2n) is 8.37. The smallest absolute Gasteiger partial charge is 0.357 e. The van der Waals surface area contributed by atoms with Crippen molar-refractivity contribution in [1.82, 2.24) is 9.78 Å². The van der Waals surface area contributed by atoms with E-state index in [2.05, 4.69) is 10.2 Å². The highest BCUT2D eigenvalue weighted by molar-refractivity contribution is 7.90. The highest BCUT2D eigenvalue weighted by atomic mass is 32.2. The molecule has 0 saturated heterocycles. The number of aromatic nitrogens is 2. The monoisotopic (exact) mass is 601 g/mol. The molecule has 1 aromatic heterocycles. The van der Waals surface area contributed by atoms with Crippen molar-refractivity contribution in [2.75, 3.05) is 11.3 Å². The van der Waals surface area contributed by atoms with Gasteiger partial charge in [0.15, 0.2) is 21.2 Å². The van der Waals surface area contributed by atoms with Crippen molar-refractivity contribution >= 4 is 55.3 Å². The molecule has 1 aliphatic rings. The van der Waals surface area contributed by atoms with Gasteiger partial charge in [-0.15, -0.1) is 0 Å². The van der Waals surface area contributed by atoms with Crippen LogP contribution in [0.1, 0.15) is 16.1 Å². The molecule has 2 heterocycles. The van der Waals surface area contributed by atoms with E-state index in [-0.39, 0.29) is 16.3 Å². The summed E-state index contributed by atoms with van der Waals surface area (Å²) in [5, 5.41) is 26.0. The number of benzene rings is 2. The van der Waals surface area contributed by atoms with Crippen molar-refractivity contribution in [3.05, 3.63) is 87.9 Å². The zero-order chi connectivity index (χ0) is 30.3. The third kappa shape index (κ3) is 5.76. The fourth-order valence-electron chi connectivity index (χ4n) is 3.68. The molecule has 0 fully saturated rings. The van der Waals surface area contributed by atoms with Gasteiger partial charge in [0.2, 0.25) is 0 Å². The predicted molar refractivity (Wildman–Crippen MR) is 141 cm³/mol. The number of carbonyl (C=O) groups is 3. The molecule has 4 rings (SSSR count). The molecule has 1 amide bonds. The molecule has 212 valence electrons. The van der Waals surface area contributed by atoms with Gasteiger partial charge in [-0.1, -0.05) is 6.08 Å². The predicted octanol–water partition coefficient (Wildman–Crippen LogP) is 0.598. The van der Waals surface area contributed by atoms with Gasteiger partial charge < -0.3 is 14.8 Å². The maximum absolute atomic E-state index is 13.0. The topological polar surface area (TPSA) is 236 Å². The lowest BCUT2D eigenvalue weighted by Gasteiger charge is -2.11. The van der Waals surface area contributed by atoms with Gasteiger partial charge in [-0.25, -0.2) is 31.1 Å². The van der Waals surface area contributed by atoms with E-state index in [9.17, 15) is 50.8 Å². The first kappa shape index (κ1) is 28.9. The number of aromatic amines is 1. The first-order chi connectivity index (χ1) is 19.1. The summed E-state index contributed by atoms with van der Waals surface area (Å²) in [6.45, 7) is 0. The number of aliphatic carboxylic acids is 1. The van der Waals surface area contributed by atoms with Crippen molar-refractivity contribution in [3.63, 3.8) is 0 Å². The van der Waals surface area contributed by atoms with Gasteiger partial charge in [-0.05, 0) is 60.7 Å². The number of carbonyl (C=O) groups excluding carboxylic acids is 1. The lowest BCUT2D eigenvalue weighted by atomic mass is 10.1. The highest BCUT2D eigenvalue weighted by Gasteiger charge is 2.35. The normalized spacial score (nSPS) is 15.1. The molecule has 0 spiro atoms. The zero-order valence-corrected chi connectivity index (χ0v) is 22.2. The Bertz CT molecular complexity index is 1970. The molecule has 2 aromatic carbocycles. The number of hydrogen-bond acceptors (Lipinski definition) is 10. The summed E-state index contributed by atoms with van der Waals surface area (Å²) >= 11 is 0. The second-order valence-corrected chi connectivity index (χ2v) is 11.8. The van der Waals surface area contributed by atoms with E-state index in [1.165, 1.54) is 24.3 Å². The van der Waals surface area contributed by atoms with Crippen LogP contribution in [-0.4, -0.2) is 71.2 Å². The van der Waals surface area contributed by atoms with Crippen LogP contribution >= 0.6 is 0 Å². The summed E-state index contributed by atoms with van der Waals surface area (Å²) in [5.74, 6) is -4.00. The van der Waals surface area contributed by atoms with E-state index in [0.29, 0.717) is 0 Å². The van der Waals surface area contributed by atoms with Gasteiger partial charge in [-0.2, -0.15) is 10.1 Å². The number of carboxylic acid groups (broad SMARTS) is 2. The van der Waals surface area contributed by atoms with Gasteiger partial charge >= 0.3 is 11.9 Å². The van der Waals surface area contributed by atoms with E-state index in [1.807, 2.05) is 0 Å². The summed E-state index contributed by atoms with van der Waals surface area (Å²) in [6, 6.07) is 9.03. The average molecular weight is 602 g/mol. The molecule has 17 heteroatoms. The van der Waals surface area contributed by atoms with Crippen LogP contribution in [0.25, 0.3) is 11.8 Å². The minimum atomic E-state index is -4.76. The van der Waals surface area contributed by atoms with E-state index >= 15 is 0 Å². The Morgan fingerprint density at radius 1 is 0.902 bits per heavy atom. The summed E-state index contributed by atoms with van der Waals surface area (Å²) in [5.41, 5.74) is -2.87. The quantitative estimate of drug-likeness (QED) is 0.239. The first-order valence-electron chi connectivity index (χ1n) is 11.1. The number of aromatic carboxylic acids is 1. The van der Waals surface area contributed by atoms with E-state index in [4.69, 9.17) is 0 Å². The largest absolute Gasteiger partial charge is 0.744 e. The van der Waals surface area contributed by atoms with Crippen LogP contribution in [0.3, 0.4) is 0 Å². The Morgan fingerprint density at radius 3 is 1.98 bits per heavy atom. The molecule has 0 bridgehead atoms. The molecule has 0 aliphatic carbocycles. The third-order valence-corrected chi connectivity index (χ3v) is 7.62. The number of allylic oxidation sites excluding steroid dienone is 2. The van der Waals surface area contributed by atoms with Gasteiger partial charge in [0, 0.05) is 6.26 Å². The minimum Gasteiger partial charge on any atom is -0.744 e. The molecule has 3 N–H and O–H groups in total. The lowest BCUT2D eigenvalue weighted by molar-refractivity contribution is -0.129. The number of hydrogen-bond donors (Lipinski definition) is 3. The number of nitrogens with zero attached hydrogens (tertiary/aromatic N) is 3. The third-order valence-electron chi connectivity index (χ3n) is 5.64. The number of anilines is 1. The van der Waals surface area contributed by atoms with Crippen molar-refractivity contribution in [3.8, 4) is 5.69 Å². The Hall–Kier alpha value is -5.13.